The highest BCUT2D eigenvalue weighted by atomic mass is 19.1. The molecule has 0 radical (unpaired) electrons. The van der Waals surface area contributed by atoms with E-state index in [1.54, 1.807) is 0 Å². The maximum Gasteiger partial charge on any atom is 0.226 e. The Labute approximate surface area is 109 Å². The summed E-state index contributed by atoms with van der Waals surface area (Å²) in [6, 6.07) is 1.46. The van der Waals surface area contributed by atoms with Crippen LogP contribution in [-0.4, -0.2) is 39.2 Å². The van der Waals surface area contributed by atoms with Gasteiger partial charge in [0.2, 0.25) is 5.95 Å². The van der Waals surface area contributed by atoms with Crippen molar-refractivity contribution in [3.63, 3.8) is 0 Å². The van der Waals surface area contributed by atoms with Gasteiger partial charge in [0.15, 0.2) is 5.82 Å². The summed E-state index contributed by atoms with van der Waals surface area (Å²) in [5.41, 5.74) is 0.260. The molecule has 0 saturated carbocycles. The van der Waals surface area contributed by atoms with Gasteiger partial charge in [-0.05, 0) is 12.5 Å². The number of aromatic nitrogens is 4. The zero-order chi connectivity index (χ0) is 13.1. The van der Waals surface area contributed by atoms with Crippen LogP contribution in [0.4, 0.5) is 10.3 Å². The molecule has 3 rings (SSSR count). The number of halogens is 1. The minimum absolute atomic E-state index is 0.189. The van der Waals surface area contributed by atoms with E-state index in [-0.39, 0.29) is 17.4 Å². The predicted molar refractivity (Wildman–Crippen MR) is 65.9 cm³/mol. The van der Waals surface area contributed by atoms with E-state index in [0.29, 0.717) is 12.6 Å². The number of hydrogen-bond acceptors (Lipinski definition) is 6. The van der Waals surface area contributed by atoms with Crippen molar-refractivity contribution in [1.82, 2.24) is 19.9 Å². The SMILES string of the molecule is Fc1ccncc1-c1ncnc(NC2CCOC2)n1. The van der Waals surface area contributed by atoms with Crippen LogP contribution >= 0.6 is 0 Å². The molecule has 0 amide bonds. The van der Waals surface area contributed by atoms with Crippen LogP contribution in [0.3, 0.4) is 0 Å². The molecule has 1 aliphatic heterocycles. The molecule has 3 heterocycles. The van der Waals surface area contributed by atoms with Gasteiger partial charge in [-0.15, -0.1) is 0 Å². The van der Waals surface area contributed by atoms with Crippen molar-refractivity contribution >= 4 is 5.95 Å². The lowest BCUT2D eigenvalue weighted by molar-refractivity contribution is 0.195. The standard InChI is InChI=1S/C12H12FN5O/c13-10-1-3-14-5-9(10)11-15-7-16-12(18-11)17-8-2-4-19-6-8/h1,3,5,7-8H,2,4,6H2,(H,15,16,17,18). The summed E-state index contributed by atoms with van der Waals surface area (Å²) in [6.07, 6.45) is 5.04. The van der Waals surface area contributed by atoms with Gasteiger partial charge < -0.3 is 10.1 Å². The molecule has 1 N–H and O–H groups in total. The molecular weight excluding hydrogens is 249 g/mol. The van der Waals surface area contributed by atoms with Gasteiger partial charge >= 0.3 is 0 Å². The summed E-state index contributed by atoms with van der Waals surface area (Å²) in [5, 5.41) is 3.14. The average Bonchev–Trinajstić information content (AvgIpc) is 2.92. The second kappa shape index (κ2) is 5.23. The summed E-state index contributed by atoms with van der Waals surface area (Å²) in [6.45, 7) is 1.36. The van der Waals surface area contributed by atoms with Crippen LogP contribution in [-0.2, 0) is 4.74 Å². The van der Waals surface area contributed by atoms with Crippen molar-refractivity contribution in [2.45, 2.75) is 12.5 Å². The Balaban J connectivity index is 1.85. The number of pyridine rings is 1. The molecule has 0 aliphatic carbocycles. The Morgan fingerprint density at radius 1 is 1.37 bits per heavy atom. The quantitative estimate of drug-likeness (QED) is 0.897. The van der Waals surface area contributed by atoms with Crippen molar-refractivity contribution < 1.29 is 9.13 Å². The minimum atomic E-state index is -0.406. The molecule has 19 heavy (non-hydrogen) atoms. The minimum Gasteiger partial charge on any atom is -0.379 e. The van der Waals surface area contributed by atoms with E-state index in [9.17, 15) is 4.39 Å². The molecule has 98 valence electrons. The molecule has 6 nitrogen and oxygen atoms in total. The maximum atomic E-state index is 13.6. The Hall–Kier alpha value is -2.15. The number of nitrogens with zero attached hydrogens (tertiary/aromatic N) is 4. The topological polar surface area (TPSA) is 72.8 Å². The Kier molecular flexibility index (Phi) is 3.28. The van der Waals surface area contributed by atoms with Crippen LogP contribution in [0.25, 0.3) is 11.4 Å². The first kappa shape index (κ1) is 11.9. The molecule has 1 fully saturated rings. The van der Waals surface area contributed by atoms with Gasteiger partial charge in [-0.25, -0.2) is 14.4 Å². The van der Waals surface area contributed by atoms with Gasteiger partial charge in [0, 0.05) is 19.0 Å². The van der Waals surface area contributed by atoms with Gasteiger partial charge in [0.25, 0.3) is 0 Å². The van der Waals surface area contributed by atoms with E-state index in [1.165, 1.54) is 24.8 Å². The Bertz CT molecular complexity index is 574. The molecule has 1 aliphatic rings. The van der Waals surface area contributed by atoms with E-state index < -0.39 is 5.82 Å². The molecule has 2 aromatic rings. The third kappa shape index (κ3) is 2.65. The van der Waals surface area contributed by atoms with Gasteiger partial charge in [-0.1, -0.05) is 0 Å². The molecular formula is C12H12FN5O. The second-order valence-electron chi connectivity index (χ2n) is 4.19. The first-order valence-electron chi connectivity index (χ1n) is 5.96. The molecule has 1 unspecified atom stereocenters. The van der Waals surface area contributed by atoms with E-state index in [4.69, 9.17) is 4.74 Å². The molecule has 7 heteroatoms. The van der Waals surface area contributed by atoms with Crippen LogP contribution in [0.2, 0.25) is 0 Å². The molecule has 0 bridgehead atoms. The van der Waals surface area contributed by atoms with Crippen molar-refractivity contribution in [2.75, 3.05) is 18.5 Å². The van der Waals surface area contributed by atoms with Gasteiger partial charge in [0.05, 0.1) is 18.2 Å². The van der Waals surface area contributed by atoms with E-state index >= 15 is 0 Å². The second-order valence-corrected chi connectivity index (χ2v) is 4.19. The summed E-state index contributed by atoms with van der Waals surface area (Å²) >= 11 is 0. The highest BCUT2D eigenvalue weighted by Gasteiger charge is 2.17. The average molecular weight is 261 g/mol. The molecule has 0 spiro atoms. The van der Waals surface area contributed by atoms with Crippen LogP contribution in [0.15, 0.2) is 24.8 Å². The smallest absolute Gasteiger partial charge is 0.226 e. The molecule has 1 atom stereocenters. The zero-order valence-electron chi connectivity index (χ0n) is 10.1. The largest absolute Gasteiger partial charge is 0.379 e. The predicted octanol–water partition coefficient (Wildman–Crippen LogP) is 1.27. The van der Waals surface area contributed by atoms with Gasteiger partial charge in [-0.3, -0.25) is 4.98 Å². The number of rotatable bonds is 3. The van der Waals surface area contributed by atoms with Gasteiger partial charge in [-0.2, -0.15) is 4.98 Å². The number of hydrogen-bond donors (Lipinski definition) is 1. The lowest BCUT2D eigenvalue weighted by Gasteiger charge is -2.10. The lowest BCUT2D eigenvalue weighted by atomic mass is 10.2. The lowest BCUT2D eigenvalue weighted by Crippen LogP contribution is -2.20. The van der Waals surface area contributed by atoms with Crippen LogP contribution in [0, 0.1) is 5.82 Å². The molecule has 2 aromatic heterocycles. The fraction of sp³-hybridized carbons (Fsp3) is 0.333. The Morgan fingerprint density at radius 2 is 2.32 bits per heavy atom. The summed E-state index contributed by atoms with van der Waals surface area (Å²) < 4.78 is 18.9. The maximum absolute atomic E-state index is 13.6. The van der Waals surface area contributed by atoms with E-state index in [2.05, 4.69) is 25.3 Å². The Morgan fingerprint density at radius 3 is 3.11 bits per heavy atom. The van der Waals surface area contributed by atoms with Crippen LogP contribution in [0.5, 0.6) is 0 Å². The van der Waals surface area contributed by atoms with Gasteiger partial charge in [0.1, 0.15) is 12.1 Å². The fourth-order valence-corrected chi connectivity index (χ4v) is 1.87. The number of anilines is 1. The van der Waals surface area contributed by atoms with E-state index in [1.807, 2.05) is 0 Å². The highest BCUT2D eigenvalue weighted by Crippen LogP contribution is 2.18. The summed E-state index contributed by atoms with van der Waals surface area (Å²) in [7, 11) is 0. The first-order valence-corrected chi connectivity index (χ1v) is 5.96. The van der Waals surface area contributed by atoms with Crippen LogP contribution in [0.1, 0.15) is 6.42 Å². The van der Waals surface area contributed by atoms with Crippen molar-refractivity contribution in [1.29, 1.82) is 0 Å². The third-order valence-electron chi connectivity index (χ3n) is 2.84. The van der Waals surface area contributed by atoms with E-state index in [0.717, 1.165) is 13.0 Å². The summed E-state index contributed by atoms with van der Waals surface area (Å²) in [4.78, 5) is 16.1. The van der Waals surface area contributed by atoms with Crippen LogP contribution < -0.4 is 5.32 Å². The first-order chi connectivity index (χ1) is 9.33. The fourth-order valence-electron chi connectivity index (χ4n) is 1.87. The molecule has 0 aromatic carbocycles. The normalized spacial score (nSPS) is 18.5. The monoisotopic (exact) mass is 261 g/mol. The third-order valence-corrected chi connectivity index (χ3v) is 2.84. The summed E-state index contributed by atoms with van der Waals surface area (Å²) in [5.74, 6) is 0.280. The number of ether oxygens (including phenoxy) is 1. The molecule has 1 saturated heterocycles. The van der Waals surface area contributed by atoms with Crippen molar-refractivity contribution in [3.8, 4) is 11.4 Å². The zero-order valence-corrected chi connectivity index (χ0v) is 10.1. The number of nitrogens with one attached hydrogen (secondary N) is 1. The van der Waals surface area contributed by atoms with Crippen molar-refractivity contribution in [2.24, 2.45) is 0 Å². The highest BCUT2D eigenvalue weighted by molar-refractivity contribution is 5.55. The van der Waals surface area contributed by atoms with Crippen molar-refractivity contribution in [3.05, 3.63) is 30.6 Å².